The minimum absolute atomic E-state index is 0.0629. The van der Waals surface area contributed by atoms with Crippen LogP contribution in [0, 0.1) is 0 Å². The summed E-state index contributed by atoms with van der Waals surface area (Å²) in [5.74, 6) is 0.715. The fourth-order valence-electron chi connectivity index (χ4n) is 3.67. The van der Waals surface area contributed by atoms with Gasteiger partial charge in [0, 0.05) is 35.8 Å². The summed E-state index contributed by atoms with van der Waals surface area (Å²) in [4.78, 5) is 13.0. The molecule has 0 aliphatic heterocycles. The van der Waals surface area contributed by atoms with Gasteiger partial charge in [0.1, 0.15) is 5.75 Å². The Kier molecular flexibility index (Phi) is 6.51. The Morgan fingerprint density at radius 3 is 2.30 bits per heavy atom. The minimum atomic E-state index is -3.23. The summed E-state index contributed by atoms with van der Waals surface area (Å²) in [6.45, 7) is 2.66. The van der Waals surface area contributed by atoms with Gasteiger partial charge in [-0.15, -0.1) is 0 Å². The monoisotopic (exact) mass is 462 g/mol. The van der Waals surface area contributed by atoms with Crippen LogP contribution in [0.5, 0.6) is 5.75 Å². The molecule has 1 N–H and O–H groups in total. The van der Waals surface area contributed by atoms with Crippen LogP contribution in [0.4, 0.5) is 0 Å². The van der Waals surface area contributed by atoms with Crippen molar-refractivity contribution in [2.24, 2.45) is 0 Å². The van der Waals surface area contributed by atoms with Crippen LogP contribution in [0.1, 0.15) is 28.4 Å². The molecule has 0 fully saturated rings. The molecular formula is C26H26N2O4S. The third-order valence-corrected chi connectivity index (χ3v) is 7.41. The van der Waals surface area contributed by atoms with Gasteiger partial charge in [0.15, 0.2) is 9.84 Å². The molecule has 0 bridgehead atoms. The Morgan fingerprint density at radius 1 is 0.939 bits per heavy atom. The number of amides is 1. The molecule has 0 saturated heterocycles. The second-order valence-corrected chi connectivity index (χ2v) is 10.1. The zero-order valence-corrected chi connectivity index (χ0v) is 19.4. The normalized spacial score (nSPS) is 11.5. The first kappa shape index (κ1) is 22.6. The van der Waals surface area contributed by atoms with Crippen molar-refractivity contribution in [3.63, 3.8) is 0 Å². The standard InChI is InChI=1S/C26H26N2O4S/c1-3-33(30,31)24-11-6-19(7-12-24)17-27-26(29)22-8-13-25-21(16-22)14-15-28(25)18-20-4-9-23(32-2)10-5-20/h4-16H,3,17-18H2,1-2H3,(H,27,29). The summed E-state index contributed by atoms with van der Waals surface area (Å²) >= 11 is 0. The lowest BCUT2D eigenvalue weighted by molar-refractivity contribution is 0.0951. The molecule has 0 aliphatic rings. The van der Waals surface area contributed by atoms with Crippen molar-refractivity contribution in [2.45, 2.75) is 24.9 Å². The van der Waals surface area contributed by atoms with Gasteiger partial charge in [-0.2, -0.15) is 0 Å². The summed E-state index contributed by atoms with van der Waals surface area (Å²) in [6.07, 6.45) is 2.02. The van der Waals surface area contributed by atoms with Crippen molar-refractivity contribution in [1.29, 1.82) is 0 Å². The number of nitrogens with zero attached hydrogens (tertiary/aromatic N) is 1. The molecule has 0 unspecified atom stereocenters. The van der Waals surface area contributed by atoms with E-state index in [0.29, 0.717) is 17.0 Å². The van der Waals surface area contributed by atoms with Crippen molar-refractivity contribution < 1.29 is 17.9 Å². The molecule has 1 aromatic heterocycles. The Bertz CT molecular complexity index is 1370. The molecule has 4 aromatic rings. The number of ether oxygens (including phenoxy) is 1. The Balaban J connectivity index is 1.42. The highest BCUT2D eigenvalue weighted by Gasteiger charge is 2.12. The molecule has 33 heavy (non-hydrogen) atoms. The van der Waals surface area contributed by atoms with Crippen LogP contribution in [-0.2, 0) is 22.9 Å². The highest BCUT2D eigenvalue weighted by molar-refractivity contribution is 7.91. The van der Waals surface area contributed by atoms with E-state index in [-0.39, 0.29) is 11.7 Å². The van der Waals surface area contributed by atoms with Gasteiger partial charge in [-0.1, -0.05) is 31.2 Å². The molecule has 0 atom stereocenters. The van der Waals surface area contributed by atoms with Gasteiger partial charge in [0.05, 0.1) is 17.8 Å². The van der Waals surface area contributed by atoms with Crippen LogP contribution in [0.2, 0.25) is 0 Å². The van der Waals surface area contributed by atoms with Crippen LogP contribution in [0.3, 0.4) is 0 Å². The van der Waals surface area contributed by atoms with Gasteiger partial charge >= 0.3 is 0 Å². The van der Waals surface area contributed by atoms with Gasteiger partial charge < -0.3 is 14.6 Å². The predicted octanol–water partition coefficient (Wildman–Crippen LogP) is 4.42. The number of methoxy groups -OCH3 is 1. The van der Waals surface area contributed by atoms with E-state index in [1.54, 1.807) is 38.3 Å². The molecule has 3 aromatic carbocycles. The van der Waals surface area contributed by atoms with Crippen molar-refractivity contribution in [2.75, 3.05) is 12.9 Å². The zero-order valence-electron chi connectivity index (χ0n) is 18.6. The van der Waals surface area contributed by atoms with Gasteiger partial charge in [0.2, 0.25) is 0 Å². The van der Waals surface area contributed by atoms with E-state index in [1.165, 1.54) is 0 Å². The number of nitrogens with one attached hydrogen (secondary N) is 1. The summed E-state index contributed by atoms with van der Waals surface area (Å²) in [5, 5.41) is 3.89. The van der Waals surface area contributed by atoms with Crippen molar-refractivity contribution in [3.05, 3.63) is 95.7 Å². The molecule has 0 aliphatic carbocycles. The number of aromatic nitrogens is 1. The molecule has 0 radical (unpaired) electrons. The van der Waals surface area contributed by atoms with E-state index in [0.717, 1.165) is 34.3 Å². The van der Waals surface area contributed by atoms with E-state index >= 15 is 0 Å². The van der Waals surface area contributed by atoms with Crippen LogP contribution < -0.4 is 10.1 Å². The number of carbonyl (C=O) groups is 1. The first-order valence-electron chi connectivity index (χ1n) is 10.7. The summed E-state index contributed by atoms with van der Waals surface area (Å²) < 4.78 is 31.2. The van der Waals surface area contributed by atoms with Gasteiger partial charge in [0.25, 0.3) is 5.91 Å². The van der Waals surface area contributed by atoms with Crippen LogP contribution in [0.15, 0.2) is 83.9 Å². The highest BCUT2D eigenvalue weighted by Crippen LogP contribution is 2.20. The van der Waals surface area contributed by atoms with Gasteiger partial charge in [-0.3, -0.25) is 4.79 Å². The predicted molar refractivity (Wildman–Crippen MR) is 129 cm³/mol. The SMILES string of the molecule is CCS(=O)(=O)c1ccc(CNC(=O)c2ccc3c(ccn3Cc3ccc(OC)cc3)c2)cc1. The van der Waals surface area contributed by atoms with Gasteiger partial charge in [-0.25, -0.2) is 8.42 Å². The van der Waals surface area contributed by atoms with E-state index in [2.05, 4.69) is 9.88 Å². The number of hydrogen-bond donors (Lipinski definition) is 1. The van der Waals surface area contributed by atoms with Crippen molar-refractivity contribution in [3.8, 4) is 5.75 Å². The maximum absolute atomic E-state index is 12.7. The smallest absolute Gasteiger partial charge is 0.251 e. The lowest BCUT2D eigenvalue weighted by Crippen LogP contribution is -2.22. The quantitative estimate of drug-likeness (QED) is 0.420. The lowest BCUT2D eigenvalue weighted by Gasteiger charge is -2.09. The molecule has 0 spiro atoms. The molecular weight excluding hydrogens is 436 g/mol. The topological polar surface area (TPSA) is 77.4 Å². The number of fused-ring (bicyclic) bond motifs is 1. The van der Waals surface area contributed by atoms with E-state index < -0.39 is 9.84 Å². The minimum Gasteiger partial charge on any atom is -0.497 e. The lowest BCUT2D eigenvalue weighted by atomic mass is 10.1. The zero-order chi connectivity index (χ0) is 23.4. The number of rotatable bonds is 8. The fourth-order valence-corrected chi connectivity index (χ4v) is 4.56. The summed E-state index contributed by atoms with van der Waals surface area (Å²) in [7, 11) is -1.58. The highest BCUT2D eigenvalue weighted by atomic mass is 32.2. The first-order valence-corrected chi connectivity index (χ1v) is 12.4. The third kappa shape index (κ3) is 5.09. The second-order valence-electron chi connectivity index (χ2n) is 7.80. The average Bonchev–Trinajstić information content (AvgIpc) is 3.25. The number of carbonyl (C=O) groups excluding carboxylic acids is 1. The first-order chi connectivity index (χ1) is 15.9. The number of benzene rings is 3. The summed E-state index contributed by atoms with van der Waals surface area (Å²) in [5.41, 5.74) is 3.63. The number of hydrogen-bond acceptors (Lipinski definition) is 4. The van der Waals surface area contributed by atoms with Crippen LogP contribution in [-0.4, -0.2) is 31.8 Å². The average molecular weight is 463 g/mol. The molecule has 6 nitrogen and oxygen atoms in total. The van der Waals surface area contributed by atoms with E-state index in [9.17, 15) is 13.2 Å². The Labute approximate surface area is 193 Å². The van der Waals surface area contributed by atoms with E-state index in [4.69, 9.17) is 4.74 Å². The molecule has 1 amide bonds. The molecule has 0 saturated carbocycles. The fraction of sp³-hybridized carbons (Fsp3) is 0.192. The molecule has 7 heteroatoms. The van der Waals surface area contributed by atoms with Crippen LogP contribution >= 0.6 is 0 Å². The maximum atomic E-state index is 12.7. The maximum Gasteiger partial charge on any atom is 0.251 e. The number of sulfone groups is 1. The van der Waals surface area contributed by atoms with Gasteiger partial charge in [-0.05, 0) is 59.7 Å². The van der Waals surface area contributed by atoms with Crippen molar-refractivity contribution >= 4 is 26.6 Å². The van der Waals surface area contributed by atoms with E-state index in [1.807, 2.05) is 54.7 Å². The molecule has 170 valence electrons. The third-order valence-electron chi connectivity index (χ3n) is 5.66. The Hall–Kier alpha value is -3.58. The van der Waals surface area contributed by atoms with Crippen LogP contribution in [0.25, 0.3) is 10.9 Å². The molecule has 1 heterocycles. The summed E-state index contributed by atoms with van der Waals surface area (Å²) in [6, 6.07) is 22.2. The second kappa shape index (κ2) is 9.50. The molecule has 4 rings (SSSR count). The largest absolute Gasteiger partial charge is 0.497 e. The Morgan fingerprint density at radius 2 is 1.64 bits per heavy atom. The van der Waals surface area contributed by atoms with Crippen molar-refractivity contribution in [1.82, 2.24) is 9.88 Å².